The number of amides is 1. The number of aryl methyl sites for hydroxylation is 1. The van der Waals surface area contributed by atoms with E-state index in [9.17, 15) is 14.0 Å². The van der Waals surface area contributed by atoms with Gasteiger partial charge in [0.2, 0.25) is 0 Å². The molecule has 138 valence electrons. The molecule has 0 spiro atoms. The average Bonchev–Trinajstić information content (AvgIpc) is 2.68. The third-order valence-electron chi connectivity index (χ3n) is 4.71. The van der Waals surface area contributed by atoms with Crippen molar-refractivity contribution < 1.29 is 18.3 Å². The van der Waals surface area contributed by atoms with Gasteiger partial charge in [-0.2, -0.15) is 0 Å². The molecular formula is C21H18FNO4. The van der Waals surface area contributed by atoms with E-state index in [0.717, 1.165) is 42.2 Å². The molecule has 0 bridgehead atoms. The predicted octanol–water partition coefficient (Wildman–Crippen LogP) is 3.83. The second-order valence-corrected chi connectivity index (χ2v) is 6.53. The van der Waals surface area contributed by atoms with Crippen molar-refractivity contribution in [1.29, 1.82) is 0 Å². The van der Waals surface area contributed by atoms with Crippen LogP contribution in [0.1, 0.15) is 24.0 Å². The number of fused-ring (bicyclic) bond motifs is 3. The summed E-state index contributed by atoms with van der Waals surface area (Å²) in [5.74, 6) is -0.583. The third kappa shape index (κ3) is 3.56. The molecule has 0 saturated heterocycles. The number of hydrogen-bond donors (Lipinski definition) is 1. The maximum absolute atomic E-state index is 13.6. The number of nitrogens with one attached hydrogen (secondary N) is 1. The molecule has 2 aromatic carbocycles. The Kier molecular flexibility index (Phi) is 4.62. The Morgan fingerprint density at radius 3 is 2.70 bits per heavy atom. The van der Waals surface area contributed by atoms with Crippen LogP contribution in [0.4, 0.5) is 10.1 Å². The van der Waals surface area contributed by atoms with Crippen LogP contribution in [0.3, 0.4) is 0 Å². The van der Waals surface area contributed by atoms with E-state index in [2.05, 4.69) is 5.32 Å². The van der Waals surface area contributed by atoms with Crippen molar-refractivity contribution >= 4 is 22.6 Å². The lowest BCUT2D eigenvalue weighted by molar-refractivity contribution is -0.118. The molecule has 5 nitrogen and oxygen atoms in total. The topological polar surface area (TPSA) is 68.5 Å². The van der Waals surface area contributed by atoms with Crippen LogP contribution >= 0.6 is 0 Å². The average molecular weight is 367 g/mol. The number of benzene rings is 2. The van der Waals surface area contributed by atoms with Gasteiger partial charge in [0.15, 0.2) is 6.61 Å². The van der Waals surface area contributed by atoms with Crippen molar-refractivity contribution in [1.82, 2.24) is 0 Å². The number of carbonyl (C=O) groups is 1. The van der Waals surface area contributed by atoms with E-state index in [1.807, 2.05) is 6.07 Å². The highest BCUT2D eigenvalue weighted by atomic mass is 19.1. The number of carbonyl (C=O) groups excluding carboxylic acids is 1. The maximum atomic E-state index is 13.6. The number of para-hydroxylation sites is 1. The molecule has 1 aliphatic carbocycles. The van der Waals surface area contributed by atoms with Crippen LogP contribution in [-0.4, -0.2) is 12.5 Å². The zero-order valence-corrected chi connectivity index (χ0v) is 14.6. The third-order valence-corrected chi connectivity index (χ3v) is 4.71. The quantitative estimate of drug-likeness (QED) is 0.712. The first-order valence-corrected chi connectivity index (χ1v) is 8.87. The minimum absolute atomic E-state index is 0.0993. The number of rotatable bonds is 4. The summed E-state index contributed by atoms with van der Waals surface area (Å²) < 4.78 is 24.5. The monoisotopic (exact) mass is 367 g/mol. The molecule has 0 radical (unpaired) electrons. The zero-order valence-electron chi connectivity index (χ0n) is 14.6. The SMILES string of the molecule is O=C(COc1ccc2c3c(c(=O)oc2c1)CCCC3)Nc1ccccc1F. The Hall–Kier alpha value is -3.15. The lowest BCUT2D eigenvalue weighted by Crippen LogP contribution is -2.20. The largest absolute Gasteiger partial charge is 0.484 e. The smallest absolute Gasteiger partial charge is 0.339 e. The van der Waals surface area contributed by atoms with Crippen molar-refractivity contribution in [3.8, 4) is 5.75 Å². The van der Waals surface area contributed by atoms with E-state index in [4.69, 9.17) is 9.15 Å². The van der Waals surface area contributed by atoms with Gasteiger partial charge in [0.1, 0.15) is 17.1 Å². The van der Waals surface area contributed by atoms with E-state index >= 15 is 0 Å². The number of halogens is 1. The van der Waals surface area contributed by atoms with E-state index in [-0.39, 0.29) is 17.9 Å². The van der Waals surface area contributed by atoms with E-state index in [1.165, 1.54) is 12.1 Å². The Labute approximate surface area is 154 Å². The second kappa shape index (κ2) is 7.23. The van der Waals surface area contributed by atoms with E-state index in [0.29, 0.717) is 11.3 Å². The van der Waals surface area contributed by atoms with E-state index in [1.54, 1.807) is 24.3 Å². The summed E-state index contributed by atoms with van der Waals surface area (Å²) in [4.78, 5) is 24.2. The Morgan fingerprint density at radius 2 is 1.89 bits per heavy atom. The van der Waals surface area contributed by atoms with Gasteiger partial charge in [0.25, 0.3) is 5.91 Å². The predicted molar refractivity (Wildman–Crippen MR) is 99.7 cm³/mol. The first-order valence-electron chi connectivity index (χ1n) is 8.87. The molecule has 4 rings (SSSR count). The van der Waals surface area contributed by atoms with Crippen molar-refractivity contribution in [2.75, 3.05) is 11.9 Å². The molecule has 0 fully saturated rings. The fourth-order valence-corrected chi connectivity index (χ4v) is 3.41. The molecule has 0 aliphatic heterocycles. The fourth-order valence-electron chi connectivity index (χ4n) is 3.41. The number of ether oxygens (including phenoxy) is 1. The minimum atomic E-state index is -0.511. The summed E-state index contributed by atoms with van der Waals surface area (Å²) in [6, 6.07) is 11.1. The van der Waals surface area contributed by atoms with Gasteiger partial charge in [0, 0.05) is 17.0 Å². The Morgan fingerprint density at radius 1 is 1.11 bits per heavy atom. The Balaban J connectivity index is 1.50. The van der Waals surface area contributed by atoms with Crippen molar-refractivity contribution in [2.45, 2.75) is 25.7 Å². The maximum Gasteiger partial charge on any atom is 0.339 e. The molecule has 1 heterocycles. The van der Waals surface area contributed by atoms with Gasteiger partial charge in [-0.25, -0.2) is 9.18 Å². The molecule has 3 aromatic rings. The normalized spacial score (nSPS) is 13.2. The van der Waals surface area contributed by atoms with Crippen LogP contribution in [0.25, 0.3) is 11.0 Å². The first-order chi connectivity index (χ1) is 13.1. The molecule has 1 aromatic heterocycles. The molecule has 0 unspecified atom stereocenters. The van der Waals surface area contributed by atoms with Gasteiger partial charge in [-0.15, -0.1) is 0 Å². The minimum Gasteiger partial charge on any atom is -0.484 e. The second-order valence-electron chi connectivity index (χ2n) is 6.53. The summed E-state index contributed by atoms with van der Waals surface area (Å²) in [6.07, 6.45) is 3.67. The van der Waals surface area contributed by atoms with Crippen molar-refractivity contribution in [3.05, 3.63) is 69.8 Å². The number of hydrogen-bond acceptors (Lipinski definition) is 4. The van der Waals surface area contributed by atoms with E-state index < -0.39 is 11.7 Å². The van der Waals surface area contributed by atoms with Gasteiger partial charge in [-0.05, 0) is 55.5 Å². The summed E-state index contributed by atoms with van der Waals surface area (Å²) in [5.41, 5.74) is 2.07. The molecule has 1 aliphatic rings. The summed E-state index contributed by atoms with van der Waals surface area (Å²) in [5, 5.41) is 3.36. The first kappa shape index (κ1) is 17.3. The van der Waals surface area contributed by atoms with Crippen LogP contribution in [0, 0.1) is 5.82 Å². The van der Waals surface area contributed by atoms with Crippen LogP contribution in [-0.2, 0) is 17.6 Å². The van der Waals surface area contributed by atoms with Gasteiger partial charge in [-0.3, -0.25) is 4.79 Å². The molecule has 0 saturated carbocycles. The van der Waals surface area contributed by atoms with Crippen LogP contribution < -0.4 is 15.7 Å². The molecule has 0 atom stereocenters. The summed E-state index contributed by atoms with van der Waals surface area (Å²) in [6.45, 7) is -0.283. The zero-order chi connectivity index (χ0) is 18.8. The summed E-state index contributed by atoms with van der Waals surface area (Å²) >= 11 is 0. The van der Waals surface area contributed by atoms with Crippen LogP contribution in [0.2, 0.25) is 0 Å². The molecule has 6 heteroatoms. The fraction of sp³-hybridized carbons (Fsp3) is 0.238. The van der Waals surface area contributed by atoms with Crippen molar-refractivity contribution in [3.63, 3.8) is 0 Å². The highest BCUT2D eigenvalue weighted by Gasteiger charge is 2.18. The molecule has 27 heavy (non-hydrogen) atoms. The lowest BCUT2D eigenvalue weighted by Gasteiger charge is -2.16. The molecule has 1 amide bonds. The van der Waals surface area contributed by atoms with Gasteiger partial charge in [0.05, 0.1) is 5.69 Å². The van der Waals surface area contributed by atoms with Crippen molar-refractivity contribution in [2.24, 2.45) is 0 Å². The molecular weight excluding hydrogens is 349 g/mol. The number of anilines is 1. The van der Waals surface area contributed by atoms with Crippen LogP contribution in [0.15, 0.2) is 51.7 Å². The lowest BCUT2D eigenvalue weighted by atomic mass is 9.91. The van der Waals surface area contributed by atoms with Gasteiger partial charge < -0.3 is 14.5 Å². The van der Waals surface area contributed by atoms with Crippen LogP contribution in [0.5, 0.6) is 5.75 Å². The highest BCUT2D eigenvalue weighted by molar-refractivity contribution is 5.92. The Bertz CT molecular complexity index is 1070. The highest BCUT2D eigenvalue weighted by Crippen LogP contribution is 2.29. The van der Waals surface area contributed by atoms with Gasteiger partial charge in [-0.1, -0.05) is 12.1 Å². The van der Waals surface area contributed by atoms with Gasteiger partial charge >= 0.3 is 5.63 Å². The molecule has 1 N–H and O–H groups in total. The summed E-state index contributed by atoms with van der Waals surface area (Å²) in [7, 11) is 0. The standard InChI is InChI=1S/C21H18FNO4/c22-17-7-3-4-8-18(17)23-20(24)12-26-13-9-10-15-14-5-1-2-6-16(14)21(25)27-19(15)11-13/h3-4,7-11H,1-2,5-6,12H2,(H,23,24).